The van der Waals surface area contributed by atoms with Crippen LogP contribution in [0.2, 0.25) is 0 Å². The Morgan fingerprint density at radius 2 is 1.87 bits per heavy atom. The van der Waals surface area contributed by atoms with Crippen molar-refractivity contribution in [2.75, 3.05) is 13.2 Å². The minimum absolute atomic E-state index is 0.200. The first-order chi connectivity index (χ1) is 11.1. The van der Waals surface area contributed by atoms with Crippen molar-refractivity contribution in [3.05, 3.63) is 59.3 Å². The Bertz CT molecular complexity index is 822. The average molecular weight is 309 g/mol. The Balaban J connectivity index is 1.56. The topological polar surface area (TPSA) is 67.0 Å². The molecule has 0 aliphatic heterocycles. The highest BCUT2D eigenvalue weighted by atomic mass is 16.5. The lowest BCUT2D eigenvalue weighted by Crippen LogP contribution is -2.28. The number of benzene rings is 2. The SMILES string of the molecule is Cc1ccc(OCCNC(=O)c2n[nH]c3ccc(C)cc23)cc1. The number of carbonyl (C=O) groups excluding carboxylic acids is 1. The van der Waals surface area contributed by atoms with Crippen LogP contribution in [0.15, 0.2) is 42.5 Å². The van der Waals surface area contributed by atoms with E-state index in [1.165, 1.54) is 5.56 Å². The fraction of sp³-hybridized carbons (Fsp3) is 0.222. The second kappa shape index (κ2) is 6.52. The van der Waals surface area contributed by atoms with Crippen LogP contribution in [-0.4, -0.2) is 29.3 Å². The summed E-state index contributed by atoms with van der Waals surface area (Å²) >= 11 is 0. The first kappa shape index (κ1) is 15.1. The van der Waals surface area contributed by atoms with Gasteiger partial charge >= 0.3 is 0 Å². The van der Waals surface area contributed by atoms with E-state index in [4.69, 9.17) is 4.74 Å². The maximum atomic E-state index is 12.2. The quantitative estimate of drug-likeness (QED) is 0.712. The Kier molecular flexibility index (Phi) is 4.28. The highest BCUT2D eigenvalue weighted by molar-refractivity contribution is 6.04. The lowest BCUT2D eigenvalue weighted by molar-refractivity contribution is 0.0943. The molecule has 0 aliphatic carbocycles. The van der Waals surface area contributed by atoms with Gasteiger partial charge in [0.1, 0.15) is 12.4 Å². The first-order valence-electron chi connectivity index (χ1n) is 7.56. The van der Waals surface area contributed by atoms with Crippen LogP contribution in [-0.2, 0) is 0 Å². The Labute approximate surface area is 134 Å². The maximum absolute atomic E-state index is 12.2. The number of hydrogen-bond acceptors (Lipinski definition) is 3. The van der Waals surface area contributed by atoms with Crippen LogP contribution < -0.4 is 10.1 Å². The van der Waals surface area contributed by atoms with Gasteiger partial charge < -0.3 is 10.1 Å². The summed E-state index contributed by atoms with van der Waals surface area (Å²) in [5, 5.41) is 10.6. The van der Waals surface area contributed by atoms with E-state index in [9.17, 15) is 4.79 Å². The lowest BCUT2D eigenvalue weighted by atomic mass is 10.1. The zero-order valence-electron chi connectivity index (χ0n) is 13.2. The smallest absolute Gasteiger partial charge is 0.272 e. The molecule has 2 aromatic carbocycles. The molecule has 3 aromatic rings. The zero-order chi connectivity index (χ0) is 16.2. The Morgan fingerprint density at radius 3 is 2.65 bits per heavy atom. The summed E-state index contributed by atoms with van der Waals surface area (Å²) in [6, 6.07) is 13.7. The molecule has 0 fully saturated rings. The van der Waals surface area contributed by atoms with Crippen molar-refractivity contribution in [1.82, 2.24) is 15.5 Å². The molecule has 1 amide bonds. The van der Waals surface area contributed by atoms with E-state index in [2.05, 4.69) is 15.5 Å². The van der Waals surface area contributed by atoms with Crippen LogP contribution in [0.3, 0.4) is 0 Å². The highest BCUT2D eigenvalue weighted by Gasteiger charge is 2.13. The molecule has 0 atom stereocenters. The van der Waals surface area contributed by atoms with E-state index in [1.54, 1.807) is 0 Å². The summed E-state index contributed by atoms with van der Waals surface area (Å²) in [4.78, 5) is 12.2. The molecule has 118 valence electrons. The molecule has 2 N–H and O–H groups in total. The third-order valence-electron chi connectivity index (χ3n) is 3.61. The minimum Gasteiger partial charge on any atom is -0.492 e. The standard InChI is InChI=1S/C18H19N3O2/c1-12-3-6-14(7-4-12)23-10-9-19-18(22)17-15-11-13(2)5-8-16(15)20-21-17/h3-8,11H,9-10H2,1-2H3,(H,19,22)(H,20,21). The van der Waals surface area contributed by atoms with Gasteiger partial charge in [0.15, 0.2) is 5.69 Å². The molecule has 23 heavy (non-hydrogen) atoms. The van der Waals surface area contributed by atoms with E-state index in [0.717, 1.165) is 22.2 Å². The largest absolute Gasteiger partial charge is 0.492 e. The molecule has 1 heterocycles. The number of carbonyl (C=O) groups is 1. The number of aromatic amines is 1. The summed E-state index contributed by atoms with van der Waals surface area (Å²) in [6.07, 6.45) is 0. The number of amides is 1. The molecule has 0 unspecified atom stereocenters. The number of rotatable bonds is 5. The van der Waals surface area contributed by atoms with Crippen molar-refractivity contribution in [2.45, 2.75) is 13.8 Å². The molecule has 0 aliphatic rings. The molecular formula is C18H19N3O2. The number of aryl methyl sites for hydroxylation is 2. The first-order valence-corrected chi connectivity index (χ1v) is 7.56. The van der Waals surface area contributed by atoms with E-state index >= 15 is 0 Å². The van der Waals surface area contributed by atoms with Gasteiger partial charge in [-0.1, -0.05) is 29.3 Å². The number of aromatic nitrogens is 2. The normalized spacial score (nSPS) is 10.7. The number of hydrogen-bond donors (Lipinski definition) is 2. The molecule has 0 spiro atoms. The number of H-pyrrole nitrogens is 1. The van der Waals surface area contributed by atoms with Crippen molar-refractivity contribution in [3.63, 3.8) is 0 Å². The molecule has 0 radical (unpaired) electrons. The lowest BCUT2D eigenvalue weighted by Gasteiger charge is -2.07. The highest BCUT2D eigenvalue weighted by Crippen LogP contribution is 2.17. The molecule has 5 heteroatoms. The number of nitrogens with one attached hydrogen (secondary N) is 2. The van der Waals surface area contributed by atoms with Crippen LogP contribution >= 0.6 is 0 Å². The molecular weight excluding hydrogens is 290 g/mol. The van der Waals surface area contributed by atoms with Crippen molar-refractivity contribution < 1.29 is 9.53 Å². The van der Waals surface area contributed by atoms with Gasteiger partial charge in [-0.3, -0.25) is 9.89 Å². The average Bonchev–Trinajstić information content (AvgIpc) is 2.96. The number of nitrogens with zero attached hydrogens (tertiary/aromatic N) is 1. The minimum atomic E-state index is -0.200. The van der Waals surface area contributed by atoms with E-state index in [1.807, 2.05) is 56.3 Å². The molecule has 1 aromatic heterocycles. The van der Waals surface area contributed by atoms with Crippen LogP contribution in [0.5, 0.6) is 5.75 Å². The molecule has 0 saturated heterocycles. The summed E-state index contributed by atoms with van der Waals surface area (Å²) in [7, 11) is 0. The van der Waals surface area contributed by atoms with Crippen molar-refractivity contribution >= 4 is 16.8 Å². The zero-order valence-corrected chi connectivity index (χ0v) is 13.2. The summed E-state index contributed by atoms with van der Waals surface area (Å²) in [5.41, 5.74) is 3.55. The van der Waals surface area contributed by atoms with Gasteiger partial charge in [-0.2, -0.15) is 5.10 Å². The number of fused-ring (bicyclic) bond motifs is 1. The predicted octanol–water partition coefficient (Wildman–Crippen LogP) is 2.99. The fourth-order valence-electron chi connectivity index (χ4n) is 2.35. The molecule has 0 saturated carbocycles. The predicted molar refractivity (Wildman–Crippen MR) is 89.8 cm³/mol. The van der Waals surface area contributed by atoms with Gasteiger partial charge in [-0.05, 0) is 38.1 Å². The third kappa shape index (κ3) is 3.51. The third-order valence-corrected chi connectivity index (χ3v) is 3.61. The van der Waals surface area contributed by atoms with Crippen molar-refractivity contribution in [2.24, 2.45) is 0 Å². The van der Waals surface area contributed by atoms with Crippen LogP contribution in [0.4, 0.5) is 0 Å². The summed E-state index contributed by atoms with van der Waals surface area (Å²) in [5.74, 6) is 0.597. The van der Waals surface area contributed by atoms with E-state index in [-0.39, 0.29) is 5.91 Å². The maximum Gasteiger partial charge on any atom is 0.272 e. The molecule has 3 rings (SSSR count). The van der Waals surface area contributed by atoms with E-state index < -0.39 is 0 Å². The van der Waals surface area contributed by atoms with Gasteiger partial charge in [0, 0.05) is 5.39 Å². The van der Waals surface area contributed by atoms with Gasteiger partial charge in [0.05, 0.1) is 12.1 Å². The fourth-order valence-corrected chi connectivity index (χ4v) is 2.35. The second-order valence-corrected chi connectivity index (χ2v) is 5.54. The van der Waals surface area contributed by atoms with Crippen LogP contribution in [0.25, 0.3) is 10.9 Å². The Morgan fingerprint density at radius 1 is 1.13 bits per heavy atom. The summed E-state index contributed by atoms with van der Waals surface area (Å²) in [6.45, 7) is 4.85. The van der Waals surface area contributed by atoms with Gasteiger partial charge in [0.25, 0.3) is 5.91 Å². The Hall–Kier alpha value is -2.82. The van der Waals surface area contributed by atoms with Crippen LogP contribution in [0, 0.1) is 13.8 Å². The van der Waals surface area contributed by atoms with E-state index in [0.29, 0.717) is 18.8 Å². The van der Waals surface area contributed by atoms with Gasteiger partial charge in [-0.25, -0.2) is 0 Å². The van der Waals surface area contributed by atoms with Crippen molar-refractivity contribution in [3.8, 4) is 5.75 Å². The van der Waals surface area contributed by atoms with Gasteiger partial charge in [-0.15, -0.1) is 0 Å². The second-order valence-electron chi connectivity index (χ2n) is 5.54. The van der Waals surface area contributed by atoms with Crippen molar-refractivity contribution in [1.29, 1.82) is 0 Å². The van der Waals surface area contributed by atoms with Crippen LogP contribution in [0.1, 0.15) is 21.6 Å². The summed E-state index contributed by atoms with van der Waals surface area (Å²) < 4.78 is 5.59. The number of ether oxygens (including phenoxy) is 1. The monoisotopic (exact) mass is 309 g/mol. The molecule has 5 nitrogen and oxygen atoms in total. The molecule has 0 bridgehead atoms. The van der Waals surface area contributed by atoms with Gasteiger partial charge in [0.2, 0.25) is 0 Å².